The zero-order valence-electron chi connectivity index (χ0n) is 18.1. The van der Waals surface area contributed by atoms with Crippen LogP contribution in [0.5, 0.6) is 0 Å². The Morgan fingerprint density at radius 2 is 1.81 bits per heavy atom. The number of carbonyl (C=O) groups excluding carboxylic acids is 1. The van der Waals surface area contributed by atoms with E-state index >= 15 is 0 Å². The molecule has 5 nitrogen and oxygen atoms in total. The minimum absolute atomic E-state index is 0. The van der Waals surface area contributed by atoms with Gasteiger partial charge in [-0.1, -0.05) is 36.8 Å². The van der Waals surface area contributed by atoms with Crippen LogP contribution in [-0.2, 0) is 10.3 Å². The van der Waals surface area contributed by atoms with Crippen molar-refractivity contribution >= 4 is 18.3 Å². The van der Waals surface area contributed by atoms with Crippen LogP contribution in [0.2, 0.25) is 0 Å². The number of methoxy groups -OCH3 is 1. The third-order valence-corrected chi connectivity index (χ3v) is 7.96. The topological polar surface area (TPSA) is 68.5 Å². The second kappa shape index (κ2) is 8.89. The highest BCUT2D eigenvalue weighted by Gasteiger charge is 2.55. The molecule has 2 bridgehead atoms. The first kappa shape index (κ1) is 22.3. The standard InChI is InChI=1S/C25H31N3O2.ClH/c1-30-25(18-12-13-27-22(14-18)24(26)29)19-8-5-9-20(25)16-28(15-19)23-11-10-21(23)17-6-3-2-4-7-17;/h2-4,6-7,12-14,19-21,23H,5,8-11,15-16H2,1H3,(H2,26,29);1H/t19?,20?,21-,23+,25?;/m0./s1. The summed E-state index contributed by atoms with van der Waals surface area (Å²) in [5.74, 6) is 0.987. The number of aromatic nitrogens is 1. The van der Waals surface area contributed by atoms with Gasteiger partial charge in [0.25, 0.3) is 5.91 Å². The zero-order valence-corrected chi connectivity index (χ0v) is 18.9. The number of hydrogen-bond donors (Lipinski definition) is 1. The van der Waals surface area contributed by atoms with Crippen molar-refractivity contribution in [2.45, 2.75) is 49.7 Å². The second-order valence-corrected chi connectivity index (χ2v) is 9.23. The van der Waals surface area contributed by atoms with Gasteiger partial charge in [0.2, 0.25) is 0 Å². The first-order valence-electron chi connectivity index (χ1n) is 11.2. The molecule has 1 saturated heterocycles. The van der Waals surface area contributed by atoms with Gasteiger partial charge in [-0.25, -0.2) is 0 Å². The number of amides is 1. The van der Waals surface area contributed by atoms with Crippen molar-refractivity contribution in [2.75, 3.05) is 20.2 Å². The van der Waals surface area contributed by atoms with Crippen LogP contribution in [0, 0.1) is 11.8 Å². The molecule has 4 atom stereocenters. The molecule has 2 aliphatic carbocycles. The van der Waals surface area contributed by atoms with E-state index in [1.807, 2.05) is 19.2 Å². The lowest BCUT2D eigenvalue weighted by Gasteiger charge is -2.58. The Bertz CT molecular complexity index is 908. The van der Waals surface area contributed by atoms with Crippen LogP contribution in [0.4, 0.5) is 0 Å². The third kappa shape index (κ3) is 3.67. The largest absolute Gasteiger partial charge is 0.373 e. The summed E-state index contributed by atoms with van der Waals surface area (Å²) < 4.78 is 6.35. The Labute approximate surface area is 190 Å². The van der Waals surface area contributed by atoms with Crippen LogP contribution in [0.3, 0.4) is 0 Å². The molecule has 2 unspecified atom stereocenters. The lowest BCUT2D eigenvalue weighted by Crippen LogP contribution is -2.62. The smallest absolute Gasteiger partial charge is 0.267 e. The summed E-state index contributed by atoms with van der Waals surface area (Å²) in [6.45, 7) is 2.10. The number of piperidine rings is 1. The van der Waals surface area contributed by atoms with Crippen molar-refractivity contribution in [1.29, 1.82) is 0 Å². The van der Waals surface area contributed by atoms with Gasteiger partial charge in [0.15, 0.2) is 0 Å². The van der Waals surface area contributed by atoms with Crippen molar-refractivity contribution in [1.82, 2.24) is 9.88 Å². The summed E-state index contributed by atoms with van der Waals surface area (Å²) in [4.78, 5) is 18.6. The molecule has 2 saturated carbocycles. The predicted molar refractivity (Wildman–Crippen MR) is 123 cm³/mol. The van der Waals surface area contributed by atoms with E-state index in [4.69, 9.17) is 10.5 Å². The number of rotatable bonds is 5. The maximum Gasteiger partial charge on any atom is 0.267 e. The molecule has 1 aliphatic heterocycles. The average molecular weight is 442 g/mol. The lowest BCUT2D eigenvalue weighted by atomic mass is 9.61. The van der Waals surface area contributed by atoms with Crippen LogP contribution < -0.4 is 5.73 Å². The van der Waals surface area contributed by atoms with E-state index in [-0.39, 0.29) is 18.0 Å². The number of nitrogens with two attached hydrogens (primary N) is 1. The van der Waals surface area contributed by atoms with Crippen molar-refractivity contribution < 1.29 is 9.53 Å². The molecule has 0 radical (unpaired) electrons. The van der Waals surface area contributed by atoms with Crippen molar-refractivity contribution in [3.05, 3.63) is 65.5 Å². The van der Waals surface area contributed by atoms with Crippen LogP contribution in [0.1, 0.15) is 59.6 Å². The summed E-state index contributed by atoms with van der Waals surface area (Å²) in [7, 11) is 1.83. The number of hydrogen-bond acceptors (Lipinski definition) is 4. The SMILES string of the molecule is COC1(c2ccnc(C(N)=O)c2)C2CCCC1CN([C@@H]1CC[C@H]1c1ccccc1)C2.Cl. The molecular formula is C25H32ClN3O2. The summed E-state index contributed by atoms with van der Waals surface area (Å²) in [6.07, 6.45) is 7.81. The molecule has 1 aromatic carbocycles. The van der Waals surface area contributed by atoms with E-state index in [1.54, 1.807) is 6.20 Å². The van der Waals surface area contributed by atoms with Gasteiger partial charge in [0.1, 0.15) is 11.3 Å². The fourth-order valence-corrected chi connectivity index (χ4v) is 6.48. The molecule has 166 valence electrons. The minimum Gasteiger partial charge on any atom is -0.373 e. The highest BCUT2D eigenvalue weighted by molar-refractivity contribution is 5.90. The Balaban J connectivity index is 0.00000231. The van der Waals surface area contributed by atoms with E-state index in [0.717, 1.165) is 31.5 Å². The van der Waals surface area contributed by atoms with Gasteiger partial charge in [0, 0.05) is 44.3 Å². The average Bonchev–Trinajstić information content (AvgIpc) is 2.73. The fraction of sp³-hybridized carbons (Fsp3) is 0.520. The van der Waals surface area contributed by atoms with Crippen LogP contribution in [0.25, 0.3) is 0 Å². The number of ether oxygens (including phenoxy) is 1. The number of pyridine rings is 1. The lowest BCUT2D eigenvalue weighted by molar-refractivity contribution is -0.179. The number of likely N-dealkylation sites (tertiary alicyclic amines) is 1. The summed E-state index contributed by atoms with van der Waals surface area (Å²) in [5.41, 5.74) is 8.03. The highest BCUT2D eigenvalue weighted by Crippen LogP contribution is 2.53. The highest BCUT2D eigenvalue weighted by atomic mass is 35.5. The molecule has 2 heterocycles. The molecule has 3 aliphatic rings. The Hall–Kier alpha value is -1.95. The summed E-state index contributed by atoms with van der Waals surface area (Å²) >= 11 is 0. The predicted octanol–water partition coefficient (Wildman–Crippen LogP) is 4.12. The molecule has 6 heteroatoms. The minimum atomic E-state index is -0.481. The molecule has 5 rings (SSSR count). The van der Waals surface area contributed by atoms with Crippen molar-refractivity contribution in [3.8, 4) is 0 Å². The molecule has 0 spiro atoms. The Kier molecular flexibility index (Phi) is 6.38. The number of halogens is 1. The number of carbonyl (C=O) groups is 1. The zero-order chi connectivity index (χ0) is 20.7. The maximum atomic E-state index is 11.7. The summed E-state index contributed by atoms with van der Waals surface area (Å²) in [6, 6.07) is 15.5. The molecule has 2 N–H and O–H groups in total. The van der Waals surface area contributed by atoms with Crippen molar-refractivity contribution in [2.24, 2.45) is 17.6 Å². The molecule has 31 heavy (non-hydrogen) atoms. The molecule has 1 aromatic heterocycles. The molecular weight excluding hydrogens is 410 g/mol. The molecule has 3 fully saturated rings. The van der Waals surface area contributed by atoms with E-state index in [0.29, 0.717) is 29.5 Å². The van der Waals surface area contributed by atoms with Crippen LogP contribution in [0.15, 0.2) is 48.7 Å². The first-order chi connectivity index (χ1) is 14.6. The van der Waals surface area contributed by atoms with Crippen molar-refractivity contribution in [3.63, 3.8) is 0 Å². The van der Waals surface area contributed by atoms with Gasteiger partial charge in [-0.3, -0.25) is 14.7 Å². The maximum absolute atomic E-state index is 11.7. The Morgan fingerprint density at radius 1 is 1.10 bits per heavy atom. The molecule has 1 amide bonds. The van der Waals surface area contributed by atoms with Gasteiger partial charge in [-0.15, -0.1) is 12.4 Å². The quantitative estimate of drug-likeness (QED) is 0.757. The van der Waals surface area contributed by atoms with Gasteiger partial charge in [0.05, 0.1) is 0 Å². The van der Waals surface area contributed by atoms with E-state index in [2.05, 4.69) is 40.2 Å². The third-order valence-electron chi connectivity index (χ3n) is 7.96. The number of primary amides is 1. The van der Waals surface area contributed by atoms with Gasteiger partial charge < -0.3 is 10.5 Å². The fourth-order valence-electron chi connectivity index (χ4n) is 6.48. The van der Waals surface area contributed by atoms with Gasteiger partial charge in [-0.05, 0) is 54.9 Å². The summed E-state index contributed by atoms with van der Waals surface area (Å²) in [5, 5.41) is 0. The van der Waals surface area contributed by atoms with E-state index in [9.17, 15) is 4.79 Å². The van der Waals surface area contributed by atoms with E-state index in [1.165, 1.54) is 24.8 Å². The second-order valence-electron chi connectivity index (χ2n) is 9.23. The Morgan fingerprint density at radius 3 is 2.39 bits per heavy atom. The first-order valence-corrected chi connectivity index (χ1v) is 11.2. The van der Waals surface area contributed by atoms with Crippen LogP contribution in [-0.4, -0.2) is 42.0 Å². The number of nitrogens with zero attached hydrogens (tertiary/aromatic N) is 2. The van der Waals surface area contributed by atoms with E-state index < -0.39 is 5.91 Å². The normalized spacial score (nSPS) is 32.5. The van der Waals surface area contributed by atoms with Gasteiger partial charge >= 0.3 is 0 Å². The molecule has 2 aromatic rings. The monoisotopic (exact) mass is 441 g/mol. The van der Waals surface area contributed by atoms with Gasteiger partial charge in [-0.2, -0.15) is 0 Å². The number of benzene rings is 1. The van der Waals surface area contributed by atoms with Crippen LogP contribution >= 0.6 is 12.4 Å². The number of fused-ring (bicyclic) bond motifs is 2.